The van der Waals surface area contributed by atoms with Gasteiger partial charge in [0.25, 0.3) is 0 Å². The van der Waals surface area contributed by atoms with E-state index in [0.29, 0.717) is 6.54 Å². The maximum atomic E-state index is 13.0. The summed E-state index contributed by atoms with van der Waals surface area (Å²) >= 11 is 0. The molecule has 1 aliphatic heterocycles. The molecule has 0 bridgehead atoms. The third-order valence-electron chi connectivity index (χ3n) is 4.98. The molecule has 0 spiro atoms. The van der Waals surface area contributed by atoms with E-state index in [4.69, 9.17) is 0 Å². The Labute approximate surface area is 162 Å². The van der Waals surface area contributed by atoms with Crippen LogP contribution in [-0.2, 0) is 12.7 Å². The second kappa shape index (κ2) is 8.65. The minimum absolute atomic E-state index is 0.0134. The summed E-state index contributed by atoms with van der Waals surface area (Å²) in [4.78, 5) is 14.6. The lowest BCUT2D eigenvalue weighted by Crippen LogP contribution is -2.48. The summed E-state index contributed by atoms with van der Waals surface area (Å²) < 4.78 is 39.1. The van der Waals surface area contributed by atoms with Gasteiger partial charge in [0, 0.05) is 24.8 Å². The van der Waals surface area contributed by atoms with Crippen LogP contribution < -0.4 is 10.6 Å². The molecule has 1 saturated heterocycles. The van der Waals surface area contributed by atoms with Crippen LogP contribution in [0.3, 0.4) is 0 Å². The number of halogens is 3. The van der Waals surface area contributed by atoms with Crippen molar-refractivity contribution in [2.24, 2.45) is 0 Å². The first-order chi connectivity index (χ1) is 13.3. The van der Waals surface area contributed by atoms with Crippen LogP contribution in [0.25, 0.3) is 0 Å². The lowest BCUT2D eigenvalue weighted by Gasteiger charge is -2.33. The molecule has 0 aromatic heterocycles. The smallest absolute Gasteiger partial charge is 0.334 e. The molecule has 1 heterocycles. The number of hydrogen-bond donors (Lipinski definition) is 2. The molecule has 0 saturated carbocycles. The summed E-state index contributed by atoms with van der Waals surface area (Å²) in [5.74, 6) is 0. The van der Waals surface area contributed by atoms with Crippen molar-refractivity contribution < 1.29 is 18.0 Å². The Kier molecular flexibility index (Phi) is 6.24. The van der Waals surface area contributed by atoms with E-state index >= 15 is 0 Å². The Morgan fingerprint density at radius 2 is 1.89 bits per heavy atom. The van der Waals surface area contributed by atoms with Gasteiger partial charge in [-0.05, 0) is 49.6 Å². The predicted octanol–water partition coefficient (Wildman–Crippen LogP) is 4.80. The average Bonchev–Trinajstić information content (AvgIpc) is 2.63. The van der Waals surface area contributed by atoms with Gasteiger partial charge in [-0.3, -0.25) is 4.90 Å². The van der Waals surface area contributed by atoms with Crippen molar-refractivity contribution in [3.8, 4) is 0 Å². The first-order valence-electron chi connectivity index (χ1n) is 9.33. The molecular formula is C21H24F3N3O. The molecule has 28 heavy (non-hydrogen) atoms. The fourth-order valence-corrected chi connectivity index (χ4v) is 3.58. The SMILES string of the molecule is Cc1c(NC(=O)NC2CCCN(Cc3ccccc3)C2)cccc1C(F)(F)F. The number of nitrogens with one attached hydrogen (secondary N) is 2. The van der Waals surface area contributed by atoms with Crippen molar-refractivity contribution in [1.29, 1.82) is 0 Å². The summed E-state index contributed by atoms with van der Waals surface area (Å²) in [5, 5.41) is 5.46. The van der Waals surface area contributed by atoms with Gasteiger partial charge in [-0.1, -0.05) is 36.4 Å². The second-order valence-corrected chi connectivity index (χ2v) is 7.13. The number of anilines is 1. The van der Waals surface area contributed by atoms with Gasteiger partial charge in [0.15, 0.2) is 0 Å². The quantitative estimate of drug-likeness (QED) is 0.786. The Bertz CT molecular complexity index is 808. The summed E-state index contributed by atoms with van der Waals surface area (Å²) in [6.07, 6.45) is -2.64. The topological polar surface area (TPSA) is 44.4 Å². The van der Waals surface area contributed by atoms with Gasteiger partial charge >= 0.3 is 12.2 Å². The third-order valence-corrected chi connectivity index (χ3v) is 4.98. The van der Waals surface area contributed by atoms with Crippen LogP contribution >= 0.6 is 0 Å². The highest BCUT2D eigenvalue weighted by Gasteiger charge is 2.33. The number of rotatable bonds is 4. The number of urea groups is 1. The molecule has 0 radical (unpaired) electrons. The maximum absolute atomic E-state index is 13.0. The van der Waals surface area contributed by atoms with Gasteiger partial charge in [-0.2, -0.15) is 13.2 Å². The number of likely N-dealkylation sites (tertiary alicyclic amines) is 1. The molecule has 2 aromatic carbocycles. The Morgan fingerprint density at radius 3 is 2.61 bits per heavy atom. The monoisotopic (exact) mass is 391 g/mol. The zero-order valence-electron chi connectivity index (χ0n) is 15.7. The number of piperidine rings is 1. The predicted molar refractivity (Wildman–Crippen MR) is 103 cm³/mol. The van der Waals surface area contributed by atoms with E-state index in [1.165, 1.54) is 24.6 Å². The minimum atomic E-state index is -4.44. The van der Waals surface area contributed by atoms with Crippen molar-refractivity contribution in [1.82, 2.24) is 10.2 Å². The largest absolute Gasteiger partial charge is 0.416 e. The van der Waals surface area contributed by atoms with Gasteiger partial charge in [0.2, 0.25) is 0 Å². The highest BCUT2D eigenvalue weighted by atomic mass is 19.4. The number of hydrogen-bond acceptors (Lipinski definition) is 2. The number of benzene rings is 2. The maximum Gasteiger partial charge on any atom is 0.416 e. The molecule has 3 rings (SSSR count). The molecule has 2 amide bonds. The van der Waals surface area contributed by atoms with Gasteiger partial charge in [-0.25, -0.2) is 4.79 Å². The van der Waals surface area contributed by atoms with Crippen LogP contribution in [0.4, 0.5) is 23.7 Å². The molecule has 1 aliphatic rings. The average molecular weight is 391 g/mol. The molecule has 2 N–H and O–H groups in total. The second-order valence-electron chi connectivity index (χ2n) is 7.13. The number of carbonyl (C=O) groups excluding carboxylic acids is 1. The van der Waals surface area contributed by atoms with Crippen molar-refractivity contribution in [3.63, 3.8) is 0 Å². The molecule has 4 nitrogen and oxygen atoms in total. The van der Waals surface area contributed by atoms with Gasteiger partial charge in [0.05, 0.1) is 5.56 Å². The van der Waals surface area contributed by atoms with E-state index in [2.05, 4.69) is 27.7 Å². The van der Waals surface area contributed by atoms with Crippen LogP contribution in [0.15, 0.2) is 48.5 Å². The van der Waals surface area contributed by atoms with E-state index in [-0.39, 0.29) is 17.3 Å². The number of amides is 2. The lowest BCUT2D eigenvalue weighted by atomic mass is 10.0. The molecule has 1 atom stereocenters. The zero-order valence-corrected chi connectivity index (χ0v) is 15.7. The number of nitrogens with zero attached hydrogens (tertiary/aromatic N) is 1. The van der Waals surface area contributed by atoms with E-state index in [1.54, 1.807) is 0 Å². The fourth-order valence-electron chi connectivity index (χ4n) is 3.58. The molecule has 2 aromatic rings. The summed E-state index contributed by atoms with van der Waals surface area (Å²) in [6, 6.07) is 13.4. The van der Waals surface area contributed by atoms with E-state index in [1.807, 2.05) is 18.2 Å². The molecule has 1 fully saturated rings. The summed E-state index contributed by atoms with van der Waals surface area (Å²) in [5.41, 5.74) is 0.660. The van der Waals surface area contributed by atoms with Crippen LogP contribution in [0, 0.1) is 6.92 Å². The number of carbonyl (C=O) groups is 1. The first-order valence-corrected chi connectivity index (χ1v) is 9.33. The Hall–Kier alpha value is -2.54. The molecular weight excluding hydrogens is 367 g/mol. The molecule has 1 unspecified atom stereocenters. The summed E-state index contributed by atoms with van der Waals surface area (Å²) in [6.45, 7) is 3.85. The van der Waals surface area contributed by atoms with E-state index in [9.17, 15) is 18.0 Å². The van der Waals surface area contributed by atoms with Gasteiger partial charge in [0.1, 0.15) is 0 Å². The standard InChI is InChI=1S/C21H24F3N3O/c1-15-18(21(22,23)24)10-5-11-19(15)26-20(28)25-17-9-6-12-27(14-17)13-16-7-3-2-4-8-16/h2-5,7-8,10-11,17H,6,9,12-14H2,1H3,(H2,25,26,28). The lowest BCUT2D eigenvalue weighted by molar-refractivity contribution is -0.138. The third kappa shape index (κ3) is 5.25. The Morgan fingerprint density at radius 1 is 1.14 bits per heavy atom. The number of alkyl halides is 3. The van der Waals surface area contributed by atoms with Crippen molar-refractivity contribution in [2.45, 2.75) is 38.5 Å². The van der Waals surface area contributed by atoms with Crippen molar-refractivity contribution in [2.75, 3.05) is 18.4 Å². The Balaban J connectivity index is 1.58. The van der Waals surface area contributed by atoms with Gasteiger partial charge < -0.3 is 10.6 Å². The zero-order chi connectivity index (χ0) is 20.1. The van der Waals surface area contributed by atoms with E-state index < -0.39 is 17.8 Å². The van der Waals surface area contributed by atoms with Crippen molar-refractivity contribution in [3.05, 3.63) is 65.2 Å². The molecule has 150 valence electrons. The fraction of sp³-hybridized carbons (Fsp3) is 0.381. The normalized spacial score (nSPS) is 17.9. The molecule has 7 heteroatoms. The van der Waals surface area contributed by atoms with Crippen LogP contribution in [0.2, 0.25) is 0 Å². The highest BCUT2D eigenvalue weighted by molar-refractivity contribution is 5.90. The minimum Gasteiger partial charge on any atom is -0.334 e. The van der Waals surface area contributed by atoms with Crippen LogP contribution in [0.5, 0.6) is 0 Å². The first kappa shape index (κ1) is 20.2. The molecule has 0 aliphatic carbocycles. The highest BCUT2D eigenvalue weighted by Crippen LogP contribution is 2.34. The van der Waals surface area contributed by atoms with Crippen molar-refractivity contribution >= 4 is 11.7 Å². The van der Waals surface area contributed by atoms with Gasteiger partial charge in [-0.15, -0.1) is 0 Å². The summed E-state index contributed by atoms with van der Waals surface area (Å²) in [7, 11) is 0. The van der Waals surface area contributed by atoms with Crippen LogP contribution in [0.1, 0.15) is 29.5 Å². The van der Waals surface area contributed by atoms with E-state index in [0.717, 1.165) is 32.0 Å². The van der Waals surface area contributed by atoms with Crippen LogP contribution in [-0.4, -0.2) is 30.1 Å².